The lowest BCUT2D eigenvalue weighted by atomic mass is 9.91. The quantitative estimate of drug-likeness (QED) is 0.279. The number of fused-ring (bicyclic) bond motifs is 6. The molecule has 0 saturated carbocycles. The zero-order chi connectivity index (χ0) is 21.8. The molecule has 0 radical (unpaired) electrons. The molecule has 6 rings (SSSR count). The molecule has 3 aromatic heterocycles. The van der Waals surface area contributed by atoms with Crippen molar-refractivity contribution in [2.45, 2.75) is 20.8 Å². The zero-order valence-corrected chi connectivity index (χ0v) is 18.4. The molecular weight excluding hydrogens is 390 g/mol. The number of aryl methyl sites for hydroxylation is 3. The lowest BCUT2D eigenvalue weighted by Gasteiger charge is -2.16. The average Bonchev–Trinajstić information content (AvgIpc) is 3.30. The second-order valence-corrected chi connectivity index (χ2v) is 8.51. The molecule has 0 unspecified atom stereocenters. The van der Waals surface area contributed by atoms with Gasteiger partial charge in [-0.15, -0.1) is 0 Å². The molecule has 6 aromatic rings. The monoisotopic (exact) mass is 413 g/mol. The van der Waals surface area contributed by atoms with Gasteiger partial charge in [-0.25, -0.2) is 4.98 Å². The van der Waals surface area contributed by atoms with Crippen LogP contribution in [0.2, 0.25) is 0 Å². The number of imidazole rings is 1. The van der Waals surface area contributed by atoms with E-state index in [0.29, 0.717) is 0 Å². The van der Waals surface area contributed by atoms with E-state index >= 15 is 0 Å². The molecule has 0 bridgehead atoms. The van der Waals surface area contributed by atoms with Gasteiger partial charge < -0.3 is 0 Å². The smallest absolute Gasteiger partial charge is 0.145 e. The van der Waals surface area contributed by atoms with Gasteiger partial charge >= 0.3 is 0 Å². The van der Waals surface area contributed by atoms with Gasteiger partial charge in [-0.1, -0.05) is 42.5 Å². The Morgan fingerprint density at radius 3 is 2.25 bits per heavy atom. The fraction of sp³-hybridized carbons (Fsp3) is 0.103. The van der Waals surface area contributed by atoms with Gasteiger partial charge in [0, 0.05) is 40.3 Å². The molecule has 3 aromatic carbocycles. The molecule has 0 spiro atoms. The van der Waals surface area contributed by atoms with E-state index in [1.165, 1.54) is 44.2 Å². The molecule has 3 nitrogen and oxygen atoms in total. The van der Waals surface area contributed by atoms with Crippen LogP contribution in [0, 0.1) is 20.8 Å². The van der Waals surface area contributed by atoms with Crippen LogP contribution >= 0.6 is 0 Å². The van der Waals surface area contributed by atoms with Gasteiger partial charge in [0.1, 0.15) is 5.65 Å². The molecule has 0 fully saturated rings. The Labute approximate surface area is 187 Å². The minimum absolute atomic E-state index is 0.976. The lowest BCUT2D eigenvalue weighted by molar-refractivity contribution is 1.27. The molecule has 0 N–H and O–H groups in total. The summed E-state index contributed by atoms with van der Waals surface area (Å²) in [7, 11) is 0. The van der Waals surface area contributed by atoms with E-state index in [1.807, 2.05) is 18.5 Å². The van der Waals surface area contributed by atoms with Gasteiger partial charge in [0.05, 0.1) is 11.2 Å². The summed E-state index contributed by atoms with van der Waals surface area (Å²) >= 11 is 0. The van der Waals surface area contributed by atoms with Crippen LogP contribution in [0.3, 0.4) is 0 Å². The Hall–Kier alpha value is -3.98. The van der Waals surface area contributed by atoms with Gasteiger partial charge in [-0.05, 0) is 72.9 Å². The Morgan fingerprint density at radius 2 is 1.47 bits per heavy atom. The summed E-state index contributed by atoms with van der Waals surface area (Å²) in [5.74, 6) is 0. The van der Waals surface area contributed by atoms with Gasteiger partial charge in [-0.2, -0.15) is 0 Å². The fourth-order valence-electron chi connectivity index (χ4n) is 5.08. The number of hydrogen-bond acceptors (Lipinski definition) is 2. The minimum atomic E-state index is 0.976. The van der Waals surface area contributed by atoms with E-state index in [-0.39, 0.29) is 0 Å². The molecule has 32 heavy (non-hydrogen) atoms. The van der Waals surface area contributed by atoms with Crippen LogP contribution < -0.4 is 0 Å². The van der Waals surface area contributed by atoms with Crippen LogP contribution in [-0.4, -0.2) is 14.4 Å². The molecule has 3 heteroatoms. The highest BCUT2D eigenvalue weighted by Gasteiger charge is 2.17. The predicted octanol–water partition coefficient (Wildman–Crippen LogP) is 7.29. The topological polar surface area (TPSA) is 30.2 Å². The normalized spacial score (nSPS) is 11.6. The van der Waals surface area contributed by atoms with Crippen LogP contribution in [0.4, 0.5) is 0 Å². The van der Waals surface area contributed by atoms with Gasteiger partial charge in [0.2, 0.25) is 0 Å². The van der Waals surface area contributed by atoms with Crippen molar-refractivity contribution in [1.29, 1.82) is 0 Å². The Kier molecular flexibility index (Phi) is 4.12. The first kappa shape index (κ1) is 18.8. The van der Waals surface area contributed by atoms with E-state index in [0.717, 1.165) is 22.2 Å². The molecule has 3 heterocycles. The van der Waals surface area contributed by atoms with E-state index in [1.54, 1.807) is 0 Å². The Morgan fingerprint density at radius 1 is 0.656 bits per heavy atom. The van der Waals surface area contributed by atoms with Crippen LogP contribution in [0.5, 0.6) is 0 Å². The van der Waals surface area contributed by atoms with Crippen molar-refractivity contribution in [2.24, 2.45) is 0 Å². The second-order valence-electron chi connectivity index (χ2n) is 8.51. The first-order valence-electron chi connectivity index (χ1n) is 10.9. The van der Waals surface area contributed by atoms with Crippen molar-refractivity contribution in [1.82, 2.24) is 14.4 Å². The van der Waals surface area contributed by atoms with Crippen molar-refractivity contribution in [3.63, 3.8) is 0 Å². The van der Waals surface area contributed by atoms with Crippen molar-refractivity contribution in [2.75, 3.05) is 0 Å². The molecular formula is C29H23N3. The maximum atomic E-state index is 4.72. The summed E-state index contributed by atoms with van der Waals surface area (Å²) in [4.78, 5) is 9.43. The summed E-state index contributed by atoms with van der Waals surface area (Å²) in [5.41, 5.74) is 10.6. The summed E-state index contributed by atoms with van der Waals surface area (Å²) < 4.78 is 2.20. The molecule has 0 atom stereocenters. The third-order valence-electron chi connectivity index (χ3n) is 6.51. The van der Waals surface area contributed by atoms with Crippen LogP contribution in [0.25, 0.3) is 49.7 Å². The average molecular weight is 414 g/mol. The van der Waals surface area contributed by atoms with Gasteiger partial charge in [0.15, 0.2) is 0 Å². The summed E-state index contributed by atoms with van der Waals surface area (Å²) in [6.45, 7) is 6.54. The SMILES string of the molecule is Cc1cccc(C)c1-c1ccc2c(c1)c1c(-c3ccccn3)c(C)ccc1c1nccn21. The van der Waals surface area contributed by atoms with Crippen molar-refractivity contribution in [3.05, 3.63) is 102 Å². The number of rotatable bonds is 2. The van der Waals surface area contributed by atoms with Crippen LogP contribution in [0.15, 0.2) is 85.3 Å². The molecule has 0 saturated heterocycles. The number of hydrogen-bond donors (Lipinski definition) is 0. The summed E-state index contributed by atoms with van der Waals surface area (Å²) in [6.07, 6.45) is 5.80. The standard InChI is InChI=1S/C29H23N3/c1-18-7-6-8-19(2)26(18)21-11-13-25-23(17-21)28-22(29-31-15-16-32(25)29)12-10-20(3)27(28)24-9-4-5-14-30-24/h4-17H,1-3H3. The van der Waals surface area contributed by atoms with Crippen molar-refractivity contribution < 1.29 is 0 Å². The highest BCUT2D eigenvalue weighted by molar-refractivity contribution is 6.18. The van der Waals surface area contributed by atoms with Gasteiger partial charge in [-0.3, -0.25) is 9.38 Å². The second kappa shape index (κ2) is 7.03. The largest absolute Gasteiger partial charge is 0.299 e. The Balaban J connectivity index is 1.83. The van der Waals surface area contributed by atoms with Crippen LogP contribution in [-0.2, 0) is 0 Å². The maximum Gasteiger partial charge on any atom is 0.145 e. The molecule has 0 aliphatic rings. The molecule has 0 aliphatic heterocycles. The third kappa shape index (κ3) is 2.68. The highest BCUT2D eigenvalue weighted by atomic mass is 15.0. The number of pyridine rings is 2. The molecule has 0 amide bonds. The minimum Gasteiger partial charge on any atom is -0.299 e. The first-order chi connectivity index (χ1) is 15.6. The first-order valence-corrected chi connectivity index (χ1v) is 10.9. The molecule has 0 aliphatic carbocycles. The summed E-state index contributed by atoms with van der Waals surface area (Å²) in [5, 5.41) is 3.58. The zero-order valence-electron chi connectivity index (χ0n) is 18.4. The number of nitrogens with zero attached hydrogens (tertiary/aromatic N) is 3. The molecule has 154 valence electrons. The Bertz CT molecular complexity index is 1620. The van der Waals surface area contributed by atoms with E-state index in [4.69, 9.17) is 9.97 Å². The van der Waals surface area contributed by atoms with Crippen molar-refractivity contribution >= 4 is 27.3 Å². The highest BCUT2D eigenvalue weighted by Crippen LogP contribution is 2.40. The van der Waals surface area contributed by atoms with Crippen LogP contribution in [0.1, 0.15) is 16.7 Å². The van der Waals surface area contributed by atoms with E-state index < -0.39 is 0 Å². The number of aromatic nitrogens is 3. The summed E-state index contributed by atoms with van der Waals surface area (Å²) in [6, 6.07) is 23.8. The maximum absolute atomic E-state index is 4.72. The van der Waals surface area contributed by atoms with E-state index in [2.05, 4.69) is 92.0 Å². The lowest BCUT2D eigenvalue weighted by Crippen LogP contribution is -1.96. The fourth-order valence-corrected chi connectivity index (χ4v) is 5.08. The number of benzene rings is 3. The third-order valence-corrected chi connectivity index (χ3v) is 6.51. The van der Waals surface area contributed by atoms with Crippen molar-refractivity contribution in [3.8, 4) is 22.4 Å². The predicted molar refractivity (Wildman–Crippen MR) is 133 cm³/mol. The van der Waals surface area contributed by atoms with E-state index in [9.17, 15) is 0 Å². The van der Waals surface area contributed by atoms with Gasteiger partial charge in [0.25, 0.3) is 0 Å².